The molecule has 0 saturated carbocycles. The molecule has 0 saturated heterocycles. The molecule has 0 aromatic heterocycles. The molecule has 0 fully saturated rings. The molecular weight excluding hydrogens is 230 g/mol. The number of hydrogen-bond donors (Lipinski definition) is 3. The normalized spacial score (nSPS) is 15.0. The molecule has 0 aliphatic heterocycles. The molecule has 0 radical (unpaired) electrons. The molecule has 110 valence electrons. The van der Waals surface area contributed by atoms with Crippen LogP contribution >= 0.6 is 0 Å². The van der Waals surface area contributed by atoms with Crippen LogP contribution in [-0.4, -0.2) is 48.7 Å². The van der Waals surface area contributed by atoms with Crippen molar-refractivity contribution in [3.63, 3.8) is 0 Å². The molecule has 0 heterocycles. The first-order chi connectivity index (χ1) is 8.61. The molecule has 0 aromatic rings. The van der Waals surface area contributed by atoms with Gasteiger partial charge in [-0.05, 0) is 12.3 Å². The van der Waals surface area contributed by atoms with Crippen LogP contribution in [0.1, 0.15) is 46.5 Å². The van der Waals surface area contributed by atoms with Gasteiger partial charge in [-0.1, -0.05) is 40.0 Å². The summed E-state index contributed by atoms with van der Waals surface area (Å²) in [4.78, 5) is 0. The molecule has 0 rings (SSSR count). The van der Waals surface area contributed by atoms with Crippen LogP contribution in [0.2, 0.25) is 0 Å². The van der Waals surface area contributed by atoms with Crippen molar-refractivity contribution in [2.75, 3.05) is 26.4 Å². The molecule has 0 aliphatic rings. The van der Waals surface area contributed by atoms with E-state index in [1.54, 1.807) is 0 Å². The third-order valence-corrected chi connectivity index (χ3v) is 3.07. The second-order valence-corrected chi connectivity index (χ2v) is 5.23. The predicted octanol–water partition coefficient (Wildman–Crippen LogP) is 1.55. The van der Waals surface area contributed by atoms with Crippen LogP contribution in [0.15, 0.2) is 0 Å². The van der Waals surface area contributed by atoms with E-state index in [4.69, 9.17) is 9.84 Å². The van der Waals surface area contributed by atoms with E-state index in [0.29, 0.717) is 19.1 Å². The van der Waals surface area contributed by atoms with Crippen LogP contribution in [-0.2, 0) is 4.74 Å². The summed E-state index contributed by atoms with van der Waals surface area (Å²) in [5.74, 6) is 0.358. The summed E-state index contributed by atoms with van der Waals surface area (Å²) in [5, 5.41) is 22.0. The minimum absolute atomic E-state index is 0.0456. The van der Waals surface area contributed by atoms with E-state index in [0.717, 1.165) is 13.0 Å². The lowest BCUT2D eigenvalue weighted by Gasteiger charge is -2.21. The summed E-state index contributed by atoms with van der Waals surface area (Å²) in [5.41, 5.74) is 0. The quantitative estimate of drug-likeness (QED) is 0.467. The van der Waals surface area contributed by atoms with E-state index in [2.05, 4.69) is 12.2 Å². The van der Waals surface area contributed by atoms with Gasteiger partial charge >= 0.3 is 0 Å². The van der Waals surface area contributed by atoms with Crippen molar-refractivity contribution < 1.29 is 14.9 Å². The van der Waals surface area contributed by atoms with Crippen LogP contribution in [0.25, 0.3) is 0 Å². The Hall–Kier alpha value is -0.160. The van der Waals surface area contributed by atoms with Gasteiger partial charge in [0, 0.05) is 19.2 Å². The molecule has 2 unspecified atom stereocenters. The summed E-state index contributed by atoms with van der Waals surface area (Å²) in [7, 11) is 0. The van der Waals surface area contributed by atoms with Gasteiger partial charge in [-0.3, -0.25) is 0 Å². The molecule has 0 amide bonds. The Morgan fingerprint density at radius 1 is 1.17 bits per heavy atom. The Morgan fingerprint density at radius 3 is 2.44 bits per heavy atom. The molecule has 2 atom stereocenters. The first-order valence-corrected chi connectivity index (χ1v) is 7.21. The van der Waals surface area contributed by atoms with Crippen molar-refractivity contribution in [2.45, 2.75) is 58.6 Å². The standard InChI is InChI=1S/C14H31NO3/c1-4-5-6-7-8-18-11-13(17)9-15-14(10-16)12(2)3/h12-17H,4-11H2,1-3H3. The van der Waals surface area contributed by atoms with E-state index >= 15 is 0 Å². The zero-order valence-electron chi connectivity index (χ0n) is 12.2. The van der Waals surface area contributed by atoms with Gasteiger partial charge in [0.05, 0.1) is 19.3 Å². The highest BCUT2D eigenvalue weighted by Crippen LogP contribution is 2.01. The summed E-state index contributed by atoms with van der Waals surface area (Å²) in [6, 6.07) is 0.0456. The van der Waals surface area contributed by atoms with E-state index in [1.807, 2.05) is 13.8 Å². The van der Waals surface area contributed by atoms with Crippen molar-refractivity contribution in [1.29, 1.82) is 0 Å². The van der Waals surface area contributed by atoms with Gasteiger partial charge in [0.2, 0.25) is 0 Å². The molecule has 0 spiro atoms. The second-order valence-electron chi connectivity index (χ2n) is 5.23. The van der Waals surface area contributed by atoms with Gasteiger partial charge in [-0.2, -0.15) is 0 Å². The lowest BCUT2D eigenvalue weighted by atomic mass is 10.1. The fraction of sp³-hybridized carbons (Fsp3) is 1.00. The highest BCUT2D eigenvalue weighted by atomic mass is 16.5. The Bertz CT molecular complexity index is 176. The molecule has 0 bridgehead atoms. The maximum Gasteiger partial charge on any atom is 0.0897 e. The van der Waals surface area contributed by atoms with Gasteiger partial charge in [-0.15, -0.1) is 0 Å². The van der Waals surface area contributed by atoms with Gasteiger partial charge < -0.3 is 20.3 Å². The van der Waals surface area contributed by atoms with E-state index in [1.165, 1.54) is 19.3 Å². The van der Waals surface area contributed by atoms with E-state index in [9.17, 15) is 5.11 Å². The number of ether oxygens (including phenoxy) is 1. The smallest absolute Gasteiger partial charge is 0.0897 e. The molecule has 0 aliphatic carbocycles. The van der Waals surface area contributed by atoms with Gasteiger partial charge in [0.1, 0.15) is 0 Å². The monoisotopic (exact) mass is 261 g/mol. The van der Waals surface area contributed by atoms with Crippen molar-refractivity contribution in [3.8, 4) is 0 Å². The van der Waals surface area contributed by atoms with Crippen molar-refractivity contribution >= 4 is 0 Å². The SMILES string of the molecule is CCCCCCOCC(O)CNC(CO)C(C)C. The Morgan fingerprint density at radius 2 is 1.89 bits per heavy atom. The first kappa shape index (κ1) is 17.8. The van der Waals surface area contributed by atoms with Crippen molar-refractivity contribution in [1.82, 2.24) is 5.32 Å². The lowest BCUT2D eigenvalue weighted by molar-refractivity contribution is 0.0318. The number of hydrogen-bond acceptors (Lipinski definition) is 4. The highest BCUT2D eigenvalue weighted by molar-refractivity contribution is 4.71. The third kappa shape index (κ3) is 9.83. The molecule has 18 heavy (non-hydrogen) atoms. The summed E-state index contributed by atoms with van der Waals surface area (Å²) >= 11 is 0. The molecule has 3 N–H and O–H groups in total. The fourth-order valence-electron chi connectivity index (χ4n) is 1.71. The largest absolute Gasteiger partial charge is 0.395 e. The second kappa shape index (κ2) is 11.9. The minimum Gasteiger partial charge on any atom is -0.395 e. The Labute approximate surface area is 112 Å². The minimum atomic E-state index is -0.496. The number of nitrogens with one attached hydrogen (secondary N) is 1. The Balaban J connectivity index is 3.44. The summed E-state index contributed by atoms with van der Waals surface area (Å²) < 4.78 is 5.42. The van der Waals surface area contributed by atoms with Crippen molar-refractivity contribution in [3.05, 3.63) is 0 Å². The average Bonchev–Trinajstić information content (AvgIpc) is 2.34. The topological polar surface area (TPSA) is 61.7 Å². The number of rotatable bonds is 12. The first-order valence-electron chi connectivity index (χ1n) is 7.21. The molecule has 0 aromatic carbocycles. The van der Waals surface area contributed by atoms with E-state index in [-0.39, 0.29) is 12.6 Å². The zero-order valence-corrected chi connectivity index (χ0v) is 12.2. The lowest BCUT2D eigenvalue weighted by Crippen LogP contribution is -2.42. The average molecular weight is 261 g/mol. The maximum atomic E-state index is 9.71. The van der Waals surface area contributed by atoms with Gasteiger partial charge in [0.25, 0.3) is 0 Å². The maximum absolute atomic E-state index is 9.71. The number of aliphatic hydroxyl groups is 2. The highest BCUT2D eigenvalue weighted by Gasteiger charge is 2.13. The zero-order chi connectivity index (χ0) is 13.8. The van der Waals surface area contributed by atoms with Gasteiger partial charge in [-0.25, -0.2) is 0 Å². The van der Waals surface area contributed by atoms with Gasteiger partial charge in [0.15, 0.2) is 0 Å². The van der Waals surface area contributed by atoms with Crippen LogP contribution < -0.4 is 5.32 Å². The van der Waals surface area contributed by atoms with Crippen LogP contribution in [0, 0.1) is 5.92 Å². The number of aliphatic hydroxyl groups excluding tert-OH is 2. The molecule has 4 nitrogen and oxygen atoms in total. The van der Waals surface area contributed by atoms with Crippen LogP contribution in [0.5, 0.6) is 0 Å². The molecule has 4 heteroatoms. The fourth-order valence-corrected chi connectivity index (χ4v) is 1.71. The third-order valence-electron chi connectivity index (χ3n) is 3.07. The summed E-state index contributed by atoms with van der Waals surface area (Å²) in [6.07, 6.45) is 4.25. The van der Waals surface area contributed by atoms with Crippen LogP contribution in [0.3, 0.4) is 0 Å². The predicted molar refractivity (Wildman–Crippen MR) is 74.7 cm³/mol. The number of unbranched alkanes of at least 4 members (excludes halogenated alkanes) is 3. The summed E-state index contributed by atoms with van der Waals surface area (Å²) in [6.45, 7) is 7.94. The van der Waals surface area contributed by atoms with Crippen LogP contribution in [0.4, 0.5) is 0 Å². The van der Waals surface area contributed by atoms with Crippen molar-refractivity contribution in [2.24, 2.45) is 5.92 Å². The van der Waals surface area contributed by atoms with E-state index < -0.39 is 6.10 Å². The Kier molecular flexibility index (Phi) is 11.8. The molecular formula is C14H31NO3.